The summed E-state index contributed by atoms with van der Waals surface area (Å²) in [7, 11) is 0. The first-order valence-electron chi connectivity index (χ1n) is 5.02. The predicted molar refractivity (Wildman–Crippen MR) is 55.8 cm³/mol. The molecule has 0 aliphatic carbocycles. The van der Waals surface area contributed by atoms with Gasteiger partial charge in [-0.2, -0.15) is 0 Å². The molecule has 0 aromatic heterocycles. The van der Waals surface area contributed by atoms with Crippen molar-refractivity contribution in [2.24, 2.45) is 0 Å². The molecule has 78 valence electrons. The van der Waals surface area contributed by atoms with Crippen molar-refractivity contribution in [1.82, 2.24) is 0 Å². The minimum absolute atomic E-state index is 0.178. The van der Waals surface area contributed by atoms with E-state index in [0.29, 0.717) is 0 Å². The molecule has 0 amide bonds. The standard InChI is InChI=1S/C12H17FO/c1-9-6-7-12(13)8-11(9)5-3-4-10(2)14/h6-8,10,14H,3-5H2,1-2H3. The SMILES string of the molecule is Cc1ccc(F)cc1CCCC(C)O. The number of aliphatic hydroxyl groups is 1. The fourth-order valence-electron chi connectivity index (χ4n) is 1.50. The third kappa shape index (κ3) is 3.46. The fraction of sp³-hybridized carbons (Fsp3) is 0.500. The van der Waals surface area contributed by atoms with Crippen molar-refractivity contribution in [2.75, 3.05) is 0 Å². The van der Waals surface area contributed by atoms with Gasteiger partial charge in [0.25, 0.3) is 0 Å². The van der Waals surface area contributed by atoms with E-state index in [1.165, 1.54) is 6.07 Å². The molecule has 0 fully saturated rings. The fourth-order valence-corrected chi connectivity index (χ4v) is 1.50. The number of aliphatic hydroxyl groups excluding tert-OH is 1. The average molecular weight is 196 g/mol. The average Bonchev–Trinajstić information content (AvgIpc) is 2.10. The zero-order valence-electron chi connectivity index (χ0n) is 8.76. The highest BCUT2D eigenvalue weighted by molar-refractivity contribution is 5.26. The smallest absolute Gasteiger partial charge is 0.123 e. The van der Waals surface area contributed by atoms with Crippen LogP contribution in [0.15, 0.2) is 18.2 Å². The minimum Gasteiger partial charge on any atom is -0.393 e. The number of benzene rings is 1. The van der Waals surface area contributed by atoms with E-state index >= 15 is 0 Å². The van der Waals surface area contributed by atoms with Crippen LogP contribution < -0.4 is 0 Å². The second-order valence-electron chi connectivity index (χ2n) is 3.81. The summed E-state index contributed by atoms with van der Waals surface area (Å²) in [6.07, 6.45) is 2.26. The van der Waals surface area contributed by atoms with Gasteiger partial charge in [-0.05, 0) is 56.4 Å². The van der Waals surface area contributed by atoms with Crippen LogP contribution in [0.4, 0.5) is 4.39 Å². The van der Waals surface area contributed by atoms with Crippen LogP contribution in [-0.4, -0.2) is 11.2 Å². The molecule has 0 bridgehead atoms. The van der Waals surface area contributed by atoms with E-state index in [4.69, 9.17) is 5.11 Å². The van der Waals surface area contributed by atoms with Crippen LogP contribution in [0.5, 0.6) is 0 Å². The lowest BCUT2D eigenvalue weighted by Crippen LogP contribution is -2.00. The Balaban J connectivity index is 2.53. The Morgan fingerprint density at radius 3 is 2.79 bits per heavy atom. The van der Waals surface area contributed by atoms with Crippen LogP contribution in [0.1, 0.15) is 30.9 Å². The maximum Gasteiger partial charge on any atom is 0.123 e. The highest BCUT2D eigenvalue weighted by Crippen LogP contribution is 2.13. The van der Waals surface area contributed by atoms with E-state index in [1.807, 2.05) is 6.92 Å². The van der Waals surface area contributed by atoms with E-state index in [2.05, 4.69) is 0 Å². The zero-order chi connectivity index (χ0) is 10.6. The van der Waals surface area contributed by atoms with Gasteiger partial charge in [0.1, 0.15) is 5.82 Å². The number of hydrogen-bond donors (Lipinski definition) is 1. The van der Waals surface area contributed by atoms with Gasteiger partial charge in [-0.25, -0.2) is 4.39 Å². The summed E-state index contributed by atoms with van der Waals surface area (Å²) in [6.45, 7) is 3.76. The van der Waals surface area contributed by atoms with E-state index < -0.39 is 0 Å². The maximum absolute atomic E-state index is 12.9. The van der Waals surface area contributed by atoms with Crippen molar-refractivity contribution in [3.63, 3.8) is 0 Å². The summed E-state index contributed by atoms with van der Waals surface area (Å²) < 4.78 is 12.9. The Morgan fingerprint density at radius 1 is 1.43 bits per heavy atom. The summed E-state index contributed by atoms with van der Waals surface area (Å²) in [5.41, 5.74) is 2.17. The van der Waals surface area contributed by atoms with Crippen molar-refractivity contribution in [2.45, 2.75) is 39.2 Å². The summed E-state index contributed by atoms with van der Waals surface area (Å²) in [6, 6.07) is 4.86. The summed E-state index contributed by atoms with van der Waals surface area (Å²) in [5, 5.41) is 9.08. The van der Waals surface area contributed by atoms with Gasteiger partial charge in [0.05, 0.1) is 6.10 Å². The Morgan fingerprint density at radius 2 is 2.14 bits per heavy atom. The molecule has 14 heavy (non-hydrogen) atoms. The van der Waals surface area contributed by atoms with Crippen molar-refractivity contribution >= 4 is 0 Å². The summed E-state index contributed by atoms with van der Waals surface area (Å²) >= 11 is 0. The van der Waals surface area contributed by atoms with Crippen LogP contribution in [0.25, 0.3) is 0 Å². The van der Waals surface area contributed by atoms with E-state index in [-0.39, 0.29) is 11.9 Å². The molecule has 1 rings (SSSR count). The molecule has 0 saturated heterocycles. The maximum atomic E-state index is 12.9. The van der Waals surface area contributed by atoms with Gasteiger partial charge >= 0.3 is 0 Å². The van der Waals surface area contributed by atoms with Gasteiger partial charge in [0, 0.05) is 0 Å². The van der Waals surface area contributed by atoms with Gasteiger partial charge in [0.2, 0.25) is 0 Å². The Bertz CT molecular complexity index is 294. The minimum atomic E-state index is -0.260. The molecule has 1 nitrogen and oxygen atoms in total. The number of rotatable bonds is 4. The molecule has 0 aliphatic rings. The Hall–Kier alpha value is -0.890. The molecule has 1 aromatic rings. The highest BCUT2D eigenvalue weighted by Gasteiger charge is 2.01. The lowest BCUT2D eigenvalue weighted by molar-refractivity contribution is 0.181. The molecule has 2 heteroatoms. The molecule has 0 aliphatic heterocycles. The molecular weight excluding hydrogens is 179 g/mol. The zero-order valence-corrected chi connectivity index (χ0v) is 8.76. The lowest BCUT2D eigenvalue weighted by atomic mass is 10.0. The Labute approximate surface area is 84.6 Å². The van der Waals surface area contributed by atoms with Gasteiger partial charge in [0.15, 0.2) is 0 Å². The number of halogens is 1. The van der Waals surface area contributed by atoms with Crippen LogP contribution in [0, 0.1) is 12.7 Å². The van der Waals surface area contributed by atoms with Crippen LogP contribution in [0.3, 0.4) is 0 Å². The van der Waals surface area contributed by atoms with Crippen LogP contribution >= 0.6 is 0 Å². The largest absolute Gasteiger partial charge is 0.393 e. The molecule has 1 atom stereocenters. The summed E-state index contributed by atoms with van der Waals surface area (Å²) in [5.74, 6) is -0.178. The van der Waals surface area contributed by atoms with Gasteiger partial charge < -0.3 is 5.11 Å². The summed E-state index contributed by atoms with van der Waals surface area (Å²) in [4.78, 5) is 0. The van der Waals surface area contributed by atoms with Crippen molar-refractivity contribution in [3.8, 4) is 0 Å². The molecule has 0 saturated carbocycles. The van der Waals surface area contributed by atoms with Crippen LogP contribution in [0.2, 0.25) is 0 Å². The van der Waals surface area contributed by atoms with Crippen LogP contribution in [-0.2, 0) is 6.42 Å². The third-order valence-electron chi connectivity index (χ3n) is 2.38. The van der Waals surface area contributed by atoms with Gasteiger partial charge in [-0.3, -0.25) is 0 Å². The third-order valence-corrected chi connectivity index (χ3v) is 2.38. The van der Waals surface area contributed by atoms with Gasteiger partial charge in [-0.15, -0.1) is 0 Å². The molecular formula is C12H17FO. The van der Waals surface area contributed by atoms with E-state index in [1.54, 1.807) is 19.1 Å². The number of aryl methyl sites for hydroxylation is 2. The van der Waals surface area contributed by atoms with Crippen molar-refractivity contribution < 1.29 is 9.50 Å². The van der Waals surface area contributed by atoms with E-state index in [0.717, 1.165) is 30.4 Å². The molecule has 0 spiro atoms. The first-order chi connectivity index (χ1) is 6.59. The first kappa shape index (κ1) is 11.2. The van der Waals surface area contributed by atoms with E-state index in [9.17, 15) is 4.39 Å². The van der Waals surface area contributed by atoms with Crippen molar-refractivity contribution in [3.05, 3.63) is 35.1 Å². The predicted octanol–water partition coefficient (Wildman–Crippen LogP) is 2.84. The molecule has 1 unspecified atom stereocenters. The quantitative estimate of drug-likeness (QED) is 0.785. The topological polar surface area (TPSA) is 20.2 Å². The second kappa shape index (κ2) is 5.11. The second-order valence-corrected chi connectivity index (χ2v) is 3.81. The number of hydrogen-bond acceptors (Lipinski definition) is 1. The molecule has 0 radical (unpaired) electrons. The molecule has 1 aromatic carbocycles. The van der Waals surface area contributed by atoms with Gasteiger partial charge in [-0.1, -0.05) is 6.07 Å². The van der Waals surface area contributed by atoms with Crippen molar-refractivity contribution in [1.29, 1.82) is 0 Å². The monoisotopic (exact) mass is 196 g/mol. The molecule has 0 heterocycles. The first-order valence-corrected chi connectivity index (χ1v) is 5.02. The molecule has 1 N–H and O–H groups in total. The lowest BCUT2D eigenvalue weighted by Gasteiger charge is -2.07. The Kier molecular flexibility index (Phi) is 4.08. The highest BCUT2D eigenvalue weighted by atomic mass is 19.1. The normalized spacial score (nSPS) is 12.9.